The van der Waals surface area contributed by atoms with Gasteiger partial charge in [0.2, 0.25) is 0 Å². The van der Waals surface area contributed by atoms with Gasteiger partial charge in [-0.25, -0.2) is 4.79 Å². The Balaban J connectivity index is 1.49. The molecule has 2 aliphatic rings. The number of amides is 3. The molecule has 24 heavy (non-hydrogen) atoms. The quantitative estimate of drug-likeness (QED) is 0.826. The van der Waals surface area contributed by atoms with E-state index in [2.05, 4.69) is 10.6 Å². The maximum atomic E-state index is 12.2. The van der Waals surface area contributed by atoms with Gasteiger partial charge in [-0.1, -0.05) is 0 Å². The van der Waals surface area contributed by atoms with E-state index in [-0.39, 0.29) is 18.0 Å². The third kappa shape index (κ3) is 3.97. The van der Waals surface area contributed by atoms with E-state index in [0.717, 1.165) is 30.9 Å². The summed E-state index contributed by atoms with van der Waals surface area (Å²) < 4.78 is 11.2. The van der Waals surface area contributed by atoms with Crippen LogP contribution >= 0.6 is 0 Å². The van der Waals surface area contributed by atoms with Crippen molar-refractivity contribution in [2.24, 2.45) is 0 Å². The Labute approximate surface area is 141 Å². The summed E-state index contributed by atoms with van der Waals surface area (Å²) in [5, 5.41) is 5.74. The number of anilines is 1. The summed E-state index contributed by atoms with van der Waals surface area (Å²) in [7, 11) is 0. The Morgan fingerprint density at radius 3 is 2.88 bits per heavy atom. The largest absolute Gasteiger partial charge is 0.491 e. The van der Waals surface area contributed by atoms with E-state index in [1.165, 1.54) is 4.90 Å². The smallest absolute Gasteiger partial charge is 0.324 e. The molecule has 7 nitrogen and oxygen atoms in total. The summed E-state index contributed by atoms with van der Waals surface area (Å²) in [6.07, 6.45) is 2.33. The molecule has 0 saturated carbocycles. The number of ether oxygens (including phenoxy) is 2. The molecule has 0 bridgehead atoms. The molecule has 3 rings (SSSR count). The molecule has 0 aromatic heterocycles. The minimum Gasteiger partial charge on any atom is -0.491 e. The number of imide groups is 1. The monoisotopic (exact) mass is 333 g/mol. The van der Waals surface area contributed by atoms with E-state index < -0.39 is 6.04 Å². The van der Waals surface area contributed by atoms with Crippen LogP contribution in [0.4, 0.5) is 10.5 Å². The standard InChI is InChI=1S/C17H23N3O4/c1-12(16(21)20-9-8-18-17(20)22)19-13-4-6-14(7-5-13)24-11-15-3-2-10-23-15/h4-7,12,15,19H,2-3,8-11H2,1H3,(H,18,22). The van der Waals surface area contributed by atoms with Gasteiger partial charge in [0.1, 0.15) is 18.4 Å². The molecule has 130 valence electrons. The van der Waals surface area contributed by atoms with Gasteiger partial charge in [0.05, 0.1) is 6.10 Å². The minimum absolute atomic E-state index is 0.187. The number of hydrogen-bond donors (Lipinski definition) is 2. The van der Waals surface area contributed by atoms with Gasteiger partial charge in [0.25, 0.3) is 5.91 Å². The fourth-order valence-corrected chi connectivity index (χ4v) is 2.84. The first-order valence-electron chi connectivity index (χ1n) is 8.33. The fraction of sp³-hybridized carbons (Fsp3) is 0.529. The van der Waals surface area contributed by atoms with Crippen molar-refractivity contribution in [3.63, 3.8) is 0 Å². The third-order valence-electron chi connectivity index (χ3n) is 4.19. The third-order valence-corrected chi connectivity index (χ3v) is 4.19. The van der Waals surface area contributed by atoms with Crippen molar-refractivity contribution in [3.8, 4) is 5.75 Å². The van der Waals surface area contributed by atoms with E-state index in [1.807, 2.05) is 24.3 Å². The van der Waals surface area contributed by atoms with E-state index >= 15 is 0 Å². The van der Waals surface area contributed by atoms with Crippen LogP contribution < -0.4 is 15.4 Å². The maximum absolute atomic E-state index is 12.2. The molecule has 3 amide bonds. The molecule has 0 spiro atoms. The van der Waals surface area contributed by atoms with Gasteiger partial charge in [0.15, 0.2) is 0 Å². The van der Waals surface area contributed by atoms with Crippen LogP contribution in [0.15, 0.2) is 24.3 Å². The highest BCUT2D eigenvalue weighted by Crippen LogP contribution is 2.19. The molecule has 2 heterocycles. The van der Waals surface area contributed by atoms with Gasteiger partial charge in [-0.2, -0.15) is 0 Å². The van der Waals surface area contributed by atoms with Gasteiger partial charge < -0.3 is 20.1 Å². The van der Waals surface area contributed by atoms with Crippen molar-refractivity contribution in [1.29, 1.82) is 0 Å². The highest BCUT2D eigenvalue weighted by Gasteiger charge is 2.29. The van der Waals surface area contributed by atoms with Gasteiger partial charge in [0, 0.05) is 25.4 Å². The predicted octanol–water partition coefficient (Wildman–Crippen LogP) is 1.60. The number of benzene rings is 1. The van der Waals surface area contributed by atoms with Crippen molar-refractivity contribution >= 4 is 17.6 Å². The second-order valence-corrected chi connectivity index (χ2v) is 6.06. The van der Waals surface area contributed by atoms with Gasteiger partial charge in [-0.3, -0.25) is 9.69 Å². The molecule has 2 atom stereocenters. The number of hydrogen-bond acceptors (Lipinski definition) is 5. The first kappa shape index (κ1) is 16.6. The zero-order valence-electron chi connectivity index (χ0n) is 13.8. The zero-order chi connectivity index (χ0) is 16.9. The summed E-state index contributed by atoms with van der Waals surface area (Å²) in [6, 6.07) is 6.63. The number of rotatable bonds is 6. The van der Waals surface area contributed by atoms with Crippen LogP contribution in [0, 0.1) is 0 Å². The normalized spacial score (nSPS) is 21.5. The molecule has 0 radical (unpaired) electrons. The first-order valence-corrected chi connectivity index (χ1v) is 8.33. The Morgan fingerprint density at radius 2 is 2.25 bits per heavy atom. The molecular weight excluding hydrogens is 310 g/mol. The average molecular weight is 333 g/mol. The lowest BCUT2D eigenvalue weighted by Gasteiger charge is -2.20. The van der Waals surface area contributed by atoms with Crippen LogP contribution in [-0.2, 0) is 9.53 Å². The van der Waals surface area contributed by atoms with Crippen molar-refractivity contribution in [2.75, 3.05) is 31.6 Å². The highest BCUT2D eigenvalue weighted by molar-refractivity contribution is 5.99. The second-order valence-electron chi connectivity index (χ2n) is 6.06. The number of nitrogens with one attached hydrogen (secondary N) is 2. The molecule has 2 N–H and O–H groups in total. The summed E-state index contributed by atoms with van der Waals surface area (Å²) in [4.78, 5) is 25.0. The van der Waals surface area contributed by atoms with Gasteiger partial charge in [-0.15, -0.1) is 0 Å². The number of urea groups is 1. The van der Waals surface area contributed by atoms with Crippen molar-refractivity contribution < 1.29 is 19.1 Å². The number of carbonyl (C=O) groups excluding carboxylic acids is 2. The Morgan fingerprint density at radius 1 is 1.46 bits per heavy atom. The lowest BCUT2D eigenvalue weighted by Crippen LogP contribution is -2.43. The van der Waals surface area contributed by atoms with E-state index in [1.54, 1.807) is 6.92 Å². The topological polar surface area (TPSA) is 79.9 Å². The van der Waals surface area contributed by atoms with Gasteiger partial charge in [-0.05, 0) is 44.0 Å². The lowest BCUT2D eigenvalue weighted by atomic mass is 10.2. The molecule has 0 aliphatic carbocycles. The number of carbonyl (C=O) groups is 2. The van der Waals surface area contributed by atoms with Crippen LogP contribution in [0.25, 0.3) is 0 Å². The van der Waals surface area contributed by atoms with Crippen LogP contribution in [-0.4, -0.2) is 55.3 Å². The summed E-state index contributed by atoms with van der Waals surface area (Å²) in [5.74, 6) is 0.539. The highest BCUT2D eigenvalue weighted by atomic mass is 16.5. The molecule has 2 aliphatic heterocycles. The second kappa shape index (κ2) is 7.53. The van der Waals surface area contributed by atoms with Crippen LogP contribution in [0.3, 0.4) is 0 Å². The minimum atomic E-state index is -0.479. The molecule has 2 fully saturated rings. The maximum Gasteiger partial charge on any atom is 0.324 e. The van der Waals surface area contributed by atoms with Crippen LogP contribution in [0.2, 0.25) is 0 Å². The fourth-order valence-electron chi connectivity index (χ4n) is 2.84. The van der Waals surface area contributed by atoms with E-state index in [9.17, 15) is 9.59 Å². The first-order chi connectivity index (χ1) is 11.6. The summed E-state index contributed by atoms with van der Waals surface area (Å²) in [5.41, 5.74) is 0.805. The molecule has 7 heteroatoms. The van der Waals surface area contributed by atoms with Crippen molar-refractivity contribution in [1.82, 2.24) is 10.2 Å². The average Bonchev–Trinajstić information content (AvgIpc) is 3.25. The Kier molecular flexibility index (Phi) is 5.20. The lowest BCUT2D eigenvalue weighted by molar-refractivity contribution is -0.128. The van der Waals surface area contributed by atoms with Crippen LogP contribution in [0.5, 0.6) is 5.75 Å². The summed E-state index contributed by atoms with van der Waals surface area (Å²) in [6.45, 7) is 4.05. The van der Waals surface area contributed by atoms with Crippen molar-refractivity contribution in [3.05, 3.63) is 24.3 Å². The van der Waals surface area contributed by atoms with E-state index in [4.69, 9.17) is 9.47 Å². The molecule has 1 aromatic rings. The van der Waals surface area contributed by atoms with Gasteiger partial charge >= 0.3 is 6.03 Å². The molecule has 1 aromatic carbocycles. The van der Waals surface area contributed by atoms with E-state index in [0.29, 0.717) is 19.7 Å². The summed E-state index contributed by atoms with van der Waals surface area (Å²) >= 11 is 0. The predicted molar refractivity (Wildman–Crippen MR) is 89.1 cm³/mol. The Hall–Kier alpha value is -2.28. The SMILES string of the molecule is CC(Nc1ccc(OCC2CCCO2)cc1)C(=O)N1CCNC1=O. The van der Waals surface area contributed by atoms with Crippen molar-refractivity contribution in [2.45, 2.75) is 31.9 Å². The Bertz CT molecular complexity index is 584. The molecule has 2 saturated heterocycles. The number of nitrogens with zero attached hydrogens (tertiary/aromatic N) is 1. The zero-order valence-corrected chi connectivity index (χ0v) is 13.8. The molecule has 2 unspecified atom stereocenters. The van der Waals surface area contributed by atoms with Crippen LogP contribution in [0.1, 0.15) is 19.8 Å². The molecular formula is C17H23N3O4.